The molecule has 2 aliphatic rings. The molecule has 0 saturated carbocycles. The van der Waals surface area contributed by atoms with Crippen LogP contribution >= 0.6 is 0 Å². The SMILES string of the molecule is CC1=CCC2C(=C1)c1ccccc1N2c1ccccc1. The Hall–Kier alpha value is -2.28. The van der Waals surface area contributed by atoms with Crippen molar-refractivity contribution in [1.82, 2.24) is 0 Å². The van der Waals surface area contributed by atoms with E-state index < -0.39 is 0 Å². The number of para-hydroxylation sites is 2. The van der Waals surface area contributed by atoms with Gasteiger partial charge in [-0.05, 0) is 37.1 Å². The maximum atomic E-state index is 2.48. The van der Waals surface area contributed by atoms with Gasteiger partial charge >= 0.3 is 0 Å². The highest BCUT2D eigenvalue weighted by atomic mass is 15.2. The Kier molecular flexibility index (Phi) is 2.53. The summed E-state index contributed by atoms with van der Waals surface area (Å²) in [6.07, 6.45) is 5.77. The molecule has 1 atom stereocenters. The first-order valence-electron chi connectivity index (χ1n) is 7.16. The van der Waals surface area contributed by atoms with Gasteiger partial charge < -0.3 is 4.90 Å². The van der Waals surface area contributed by atoms with Crippen LogP contribution in [0.25, 0.3) is 5.57 Å². The molecule has 0 radical (unpaired) electrons. The first-order valence-corrected chi connectivity index (χ1v) is 7.16. The first-order chi connectivity index (χ1) is 9.84. The molecule has 1 aliphatic heterocycles. The van der Waals surface area contributed by atoms with Crippen LogP contribution in [0.15, 0.2) is 72.3 Å². The summed E-state index contributed by atoms with van der Waals surface area (Å²) in [5.41, 5.74) is 6.83. The van der Waals surface area contributed by atoms with Crippen molar-refractivity contribution in [3.05, 3.63) is 77.9 Å². The van der Waals surface area contributed by atoms with E-state index in [-0.39, 0.29) is 0 Å². The average Bonchev–Trinajstić information content (AvgIpc) is 2.82. The van der Waals surface area contributed by atoms with Crippen LogP contribution < -0.4 is 4.90 Å². The van der Waals surface area contributed by atoms with Crippen molar-refractivity contribution in [2.24, 2.45) is 0 Å². The summed E-state index contributed by atoms with van der Waals surface area (Å²) in [4.78, 5) is 2.48. The molecule has 0 saturated heterocycles. The second-order valence-corrected chi connectivity index (χ2v) is 5.52. The highest BCUT2D eigenvalue weighted by molar-refractivity contribution is 5.93. The van der Waals surface area contributed by atoms with E-state index in [9.17, 15) is 0 Å². The van der Waals surface area contributed by atoms with Crippen molar-refractivity contribution in [3.8, 4) is 0 Å². The third-order valence-electron chi connectivity index (χ3n) is 4.23. The lowest BCUT2D eigenvalue weighted by atomic mass is 9.93. The van der Waals surface area contributed by atoms with Crippen LogP contribution in [0.2, 0.25) is 0 Å². The van der Waals surface area contributed by atoms with E-state index in [0.29, 0.717) is 6.04 Å². The molecular formula is C19H17N. The fourth-order valence-electron chi connectivity index (χ4n) is 3.33. The van der Waals surface area contributed by atoms with E-state index in [1.807, 2.05) is 0 Å². The van der Waals surface area contributed by atoms with E-state index in [1.165, 1.54) is 28.1 Å². The topological polar surface area (TPSA) is 3.24 Å². The highest BCUT2D eigenvalue weighted by Crippen LogP contribution is 2.47. The standard InChI is InChI=1S/C19H17N/c1-14-11-12-19-17(13-14)16-9-5-6-10-18(16)20(19)15-7-3-2-4-8-15/h2-11,13,19H,12H2,1H3. The zero-order valence-corrected chi connectivity index (χ0v) is 11.6. The van der Waals surface area contributed by atoms with Gasteiger partial charge in [-0.15, -0.1) is 0 Å². The van der Waals surface area contributed by atoms with Gasteiger partial charge in [0.05, 0.1) is 6.04 Å². The maximum Gasteiger partial charge on any atom is 0.0633 e. The summed E-state index contributed by atoms with van der Waals surface area (Å²) < 4.78 is 0. The minimum atomic E-state index is 0.443. The Morgan fingerprint density at radius 1 is 0.950 bits per heavy atom. The predicted molar refractivity (Wildman–Crippen MR) is 85.2 cm³/mol. The smallest absolute Gasteiger partial charge is 0.0633 e. The molecule has 0 aromatic heterocycles. The molecular weight excluding hydrogens is 242 g/mol. The fraction of sp³-hybridized carbons (Fsp3) is 0.158. The molecule has 98 valence electrons. The van der Waals surface area contributed by atoms with Gasteiger partial charge in [0.1, 0.15) is 0 Å². The van der Waals surface area contributed by atoms with Gasteiger partial charge in [0.25, 0.3) is 0 Å². The predicted octanol–water partition coefficient (Wildman–Crippen LogP) is 4.94. The zero-order chi connectivity index (χ0) is 13.5. The molecule has 1 aliphatic carbocycles. The van der Waals surface area contributed by atoms with E-state index in [2.05, 4.69) is 78.6 Å². The Morgan fingerprint density at radius 3 is 2.55 bits per heavy atom. The Morgan fingerprint density at radius 2 is 1.70 bits per heavy atom. The van der Waals surface area contributed by atoms with Crippen LogP contribution in [0, 0.1) is 0 Å². The van der Waals surface area contributed by atoms with Gasteiger partial charge in [-0.3, -0.25) is 0 Å². The minimum Gasteiger partial charge on any atom is -0.333 e. The average molecular weight is 259 g/mol. The van der Waals surface area contributed by atoms with Crippen LogP contribution in [-0.4, -0.2) is 6.04 Å². The molecule has 20 heavy (non-hydrogen) atoms. The Labute approximate surface area is 119 Å². The van der Waals surface area contributed by atoms with Gasteiger partial charge in [-0.2, -0.15) is 0 Å². The van der Waals surface area contributed by atoms with Crippen molar-refractivity contribution in [1.29, 1.82) is 0 Å². The van der Waals surface area contributed by atoms with Crippen LogP contribution in [0.3, 0.4) is 0 Å². The highest BCUT2D eigenvalue weighted by Gasteiger charge is 2.34. The van der Waals surface area contributed by atoms with Crippen molar-refractivity contribution >= 4 is 16.9 Å². The molecule has 0 N–H and O–H groups in total. The lowest BCUT2D eigenvalue weighted by Crippen LogP contribution is -2.27. The maximum absolute atomic E-state index is 2.48. The third-order valence-corrected chi connectivity index (χ3v) is 4.23. The summed E-state index contributed by atoms with van der Waals surface area (Å²) in [5, 5.41) is 0. The lowest BCUT2D eigenvalue weighted by molar-refractivity contribution is 0.823. The summed E-state index contributed by atoms with van der Waals surface area (Å²) in [7, 11) is 0. The Balaban J connectivity index is 1.92. The number of rotatable bonds is 1. The summed E-state index contributed by atoms with van der Waals surface area (Å²) >= 11 is 0. The number of hydrogen-bond acceptors (Lipinski definition) is 1. The molecule has 2 aromatic rings. The van der Waals surface area contributed by atoms with E-state index in [4.69, 9.17) is 0 Å². The minimum absolute atomic E-state index is 0.443. The molecule has 1 nitrogen and oxygen atoms in total. The number of anilines is 2. The number of allylic oxidation sites excluding steroid dienone is 2. The van der Waals surface area contributed by atoms with Gasteiger partial charge in [0.2, 0.25) is 0 Å². The van der Waals surface area contributed by atoms with Crippen molar-refractivity contribution < 1.29 is 0 Å². The van der Waals surface area contributed by atoms with E-state index in [0.717, 1.165) is 6.42 Å². The molecule has 1 heterocycles. The van der Waals surface area contributed by atoms with Gasteiger partial charge in [-0.25, -0.2) is 0 Å². The quantitative estimate of drug-likeness (QED) is 0.701. The first kappa shape index (κ1) is 11.5. The number of fused-ring (bicyclic) bond motifs is 3. The monoisotopic (exact) mass is 259 g/mol. The molecule has 0 bridgehead atoms. The summed E-state index contributed by atoms with van der Waals surface area (Å²) in [5.74, 6) is 0. The largest absolute Gasteiger partial charge is 0.333 e. The molecule has 1 heteroatoms. The molecule has 0 spiro atoms. The van der Waals surface area contributed by atoms with Crippen molar-refractivity contribution in [3.63, 3.8) is 0 Å². The van der Waals surface area contributed by atoms with Crippen molar-refractivity contribution in [2.45, 2.75) is 19.4 Å². The van der Waals surface area contributed by atoms with Crippen LogP contribution in [0.4, 0.5) is 11.4 Å². The van der Waals surface area contributed by atoms with Crippen LogP contribution in [-0.2, 0) is 0 Å². The van der Waals surface area contributed by atoms with Gasteiger partial charge in [-0.1, -0.05) is 54.1 Å². The summed E-state index contributed by atoms with van der Waals surface area (Å²) in [6.45, 7) is 2.19. The lowest BCUT2D eigenvalue weighted by Gasteiger charge is -2.29. The summed E-state index contributed by atoms with van der Waals surface area (Å²) in [6, 6.07) is 19.9. The third kappa shape index (κ3) is 1.63. The zero-order valence-electron chi connectivity index (χ0n) is 11.6. The van der Waals surface area contributed by atoms with Gasteiger partial charge in [0.15, 0.2) is 0 Å². The number of hydrogen-bond donors (Lipinski definition) is 0. The second kappa shape index (κ2) is 4.38. The molecule has 0 amide bonds. The molecule has 2 aromatic carbocycles. The second-order valence-electron chi connectivity index (χ2n) is 5.52. The van der Waals surface area contributed by atoms with E-state index >= 15 is 0 Å². The van der Waals surface area contributed by atoms with Crippen LogP contribution in [0.5, 0.6) is 0 Å². The normalized spacial score (nSPS) is 20.1. The van der Waals surface area contributed by atoms with Crippen molar-refractivity contribution in [2.75, 3.05) is 4.90 Å². The molecule has 1 unspecified atom stereocenters. The number of benzene rings is 2. The van der Waals surface area contributed by atoms with E-state index in [1.54, 1.807) is 0 Å². The fourth-order valence-corrected chi connectivity index (χ4v) is 3.33. The van der Waals surface area contributed by atoms with Crippen LogP contribution in [0.1, 0.15) is 18.9 Å². The Bertz CT molecular complexity index is 710. The molecule has 4 rings (SSSR count). The number of nitrogens with zero attached hydrogens (tertiary/aromatic N) is 1. The molecule has 0 fully saturated rings. The van der Waals surface area contributed by atoms with Gasteiger partial charge in [0, 0.05) is 16.9 Å².